The van der Waals surface area contributed by atoms with E-state index in [4.69, 9.17) is 4.74 Å². The molecule has 0 radical (unpaired) electrons. The molecule has 0 spiro atoms. The first-order valence-corrected chi connectivity index (χ1v) is 6.62. The van der Waals surface area contributed by atoms with Crippen LogP contribution in [0.1, 0.15) is 30.9 Å². The molecule has 2 aromatic carbocycles. The highest BCUT2D eigenvalue weighted by atomic mass is 16.5. The van der Waals surface area contributed by atoms with Gasteiger partial charge in [-0.15, -0.1) is 0 Å². The van der Waals surface area contributed by atoms with Gasteiger partial charge < -0.3 is 4.74 Å². The second kappa shape index (κ2) is 6.25. The molecular formula is C17H20O. The zero-order chi connectivity index (χ0) is 12.8. The van der Waals surface area contributed by atoms with Crippen molar-refractivity contribution in [1.29, 1.82) is 0 Å². The highest BCUT2D eigenvalue weighted by Crippen LogP contribution is 2.28. The summed E-state index contributed by atoms with van der Waals surface area (Å²) in [6.07, 6.45) is 3.49. The monoisotopic (exact) mass is 240 g/mol. The van der Waals surface area contributed by atoms with E-state index in [1.165, 1.54) is 24.0 Å². The largest absolute Gasteiger partial charge is 0.457 e. The lowest BCUT2D eigenvalue weighted by atomic mass is 10.1. The Labute approximate surface area is 109 Å². The summed E-state index contributed by atoms with van der Waals surface area (Å²) in [5, 5.41) is 0. The molecule has 0 unspecified atom stereocenters. The normalized spacial score (nSPS) is 10.3. The molecule has 0 aromatic heterocycles. The molecule has 0 fully saturated rings. The van der Waals surface area contributed by atoms with Crippen molar-refractivity contribution in [3.8, 4) is 11.5 Å². The van der Waals surface area contributed by atoms with Crippen LogP contribution >= 0.6 is 0 Å². The number of hydrogen-bond acceptors (Lipinski definition) is 1. The molecule has 0 amide bonds. The maximum Gasteiger partial charge on any atom is 0.130 e. The molecule has 2 aromatic rings. The van der Waals surface area contributed by atoms with Crippen molar-refractivity contribution in [2.75, 3.05) is 0 Å². The first-order valence-electron chi connectivity index (χ1n) is 6.62. The molecule has 0 bridgehead atoms. The smallest absolute Gasteiger partial charge is 0.130 e. The topological polar surface area (TPSA) is 9.23 Å². The second-order valence-corrected chi connectivity index (χ2v) is 4.58. The minimum Gasteiger partial charge on any atom is -0.457 e. The van der Waals surface area contributed by atoms with Crippen molar-refractivity contribution in [2.45, 2.75) is 33.1 Å². The van der Waals surface area contributed by atoms with Crippen LogP contribution in [0.25, 0.3) is 0 Å². The van der Waals surface area contributed by atoms with Gasteiger partial charge in [-0.1, -0.05) is 49.7 Å². The summed E-state index contributed by atoms with van der Waals surface area (Å²) in [6, 6.07) is 16.5. The molecule has 1 heteroatoms. The van der Waals surface area contributed by atoms with Crippen LogP contribution < -0.4 is 4.74 Å². The SMILES string of the molecule is CCCCc1ccccc1Oc1ccccc1C. The maximum absolute atomic E-state index is 6.04. The number of para-hydroxylation sites is 2. The summed E-state index contributed by atoms with van der Waals surface area (Å²) >= 11 is 0. The molecule has 0 aliphatic carbocycles. The third-order valence-corrected chi connectivity index (χ3v) is 3.09. The lowest BCUT2D eigenvalue weighted by Gasteiger charge is -2.12. The predicted octanol–water partition coefficient (Wildman–Crippen LogP) is 5.13. The van der Waals surface area contributed by atoms with Gasteiger partial charge >= 0.3 is 0 Å². The highest BCUT2D eigenvalue weighted by molar-refractivity contribution is 5.40. The van der Waals surface area contributed by atoms with Crippen molar-refractivity contribution in [3.05, 3.63) is 59.7 Å². The van der Waals surface area contributed by atoms with Gasteiger partial charge in [-0.2, -0.15) is 0 Å². The van der Waals surface area contributed by atoms with Crippen molar-refractivity contribution < 1.29 is 4.74 Å². The van der Waals surface area contributed by atoms with Crippen molar-refractivity contribution >= 4 is 0 Å². The number of hydrogen-bond donors (Lipinski definition) is 0. The Morgan fingerprint density at radius 1 is 0.889 bits per heavy atom. The molecule has 0 saturated heterocycles. The van der Waals surface area contributed by atoms with E-state index in [1.807, 2.05) is 24.3 Å². The number of aryl methyl sites for hydroxylation is 2. The summed E-state index contributed by atoms with van der Waals surface area (Å²) in [6.45, 7) is 4.29. The molecule has 0 saturated carbocycles. The minimum absolute atomic E-state index is 0.946. The zero-order valence-corrected chi connectivity index (χ0v) is 11.1. The molecule has 94 valence electrons. The number of benzene rings is 2. The van der Waals surface area contributed by atoms with Gasteiger partial charge in [0.1, 0.15) is 11.5 Å². The van der Waals surface area contributed by atoms with Crippen molar-refractivity contribution in [1.82, 2.24) is 0 Å². The summed E-state index contributed by atoms with van der Waals surface area (Å²) in [4.78, 5) is 0. The van der Waals surface area contributed by atoms with Crippen LogP contribution in [0.3, 0.4) is 0 Å². The summed E-state index contributed by atoms with van der Waals surface area (Å²) in [7, 11) is 0. The van der Waals surface area contributed by atoms with Crippen molar-refractivity contribution in [2.24, 2.45) is 0 Å². The molecule has 1 nitrogen and oxygen atoms in total. The van der Waals surface area contributed by atoms with E-state index >= 15 is 0 Å². The molecule has 0 aliphatic heterocycles. The Morgan fingerprint density at radius 3 is 2.28 bits per heavy atom. The summed E-state index contributed by atoms with van der Waals surface area (Å²) < 4.78 is 6.04. The van der Waals surface area contributed by atoms with Crippen LogP contribution in [0.2, 0.25) is 0 Å². The van der Waals surface area contributed by atoms with Gasteiger partial charge in [0, 0.05) is 0 Å². The van der Waals surface area contributed by atoms with E-state index in [0.29, 0.717) is 0 Å². The van der Waals surface area contributed by atoms with Gasteiger partial charge in [-0.3, -0.25) is 0 Å². The highest BCUT2D eigenvalue weighted by Gasteiger charge is 2.05. The number of rotatable bonds is 5. The van der Waals surface area contributed by atoms with Crippen LogP contribution in [0.4, 0.5) is 0 Å². The Bertz CT molecular complexity index is 502. The van der Waals surface area contributed by atoms with E-state index in [1.54, 1.807) is 0 Å². The predicted molar refractivity (Wildman–Crippen MR) is 76.3 cm³/mol. The van der Waals surface area contributed by atoms with Crippen LogP contribution in [0.5, 0.6) is 11.5 Å². The fourth-order valence-electron chi connectivity index (χ4n) is 1.97. The van der Waals surface area contributed by atoms with Crippen LogP contribution in [0, 0.1) is 6.92 Å². The molecule has 0 atom stereocenters. The molecular weight excluding hydrogens is 220 g/mol. The van der Waals surface area contributed by atoms with E-state index in [-0.39, 0.29) is 0 Å². The maximum atomic E-state index is 6.04. The fourth-order valence-corrected chi connectivity index (χ4v) is 1.97. The van der Waals surface area contributed by atoms with E-state index in [2.05, 4.69) is 38.1 Å². The summed E-state index contributed by atoms with van der Waals surface area (Å²) in [5.74, 6) is 1.93. The minimum atomic E-state index is 0.946. The van der Waals surface area contributed by atoms with Gasteiger partial charge in [0.25, 0.3) is 0 Å². The van der Waals surface area contributed by atoms with Crippen LogP contribution in [-0.4, -0.2) is 0 Å². The average Bonchev–Trinajstić information content (AvgIpc) is 2.40. The first kappa shape index (κ1) is 12.7. The quantitative estimate of drug-likeness (QED) is 0.704. The fraction of sp³-hybridized carbons (Fsp3) is 0.294. The number of ether oxygens (including phenoxy) is 1. The molecule has 2 rings (SSSR count). The van der Waals surface area contributed by atoms with Gasteiger partial charge in [0.05, 0.1) is 0 Å². The van der Waals surface area contributed by atoms with Crippen LogP contribution in [0.15, 0.2) is 48.5 Å². The van der Waals surface area contributed by atoms with Gasteiger partial charge in [-0.05, 0) is 43.0 Å². The molecule has 0 aliphatic rings. The summed E-state index contributed by atoms with van der Waals surface area (Å²) in [5.41, 5.74) is 2.46. The van der Waals surface area contributed by atoms with Crippen LogP contribution in [-0.2, 0) is 6.42 Å². The zero-order valence-electron chi connectivity index (χ0n) is 11.1. The van der Waals surface area contributed by atoms with E-state index in [0.717, 1.165) is 17.9 Å². The van der Waals surface area contributed by atoms with Gasteiger partial charge in [0.15, 0.2) is 0 Å². The standard InChI is InChI=1S/C17H20O/c1-3-4-10-15-11-6-8-13-17(15)18-16-12-7-5-9-14(16)2/h5-9,11-13H,3-4,10H2,1-2H3. The molecule has 0 N–H and O–H groups in total. The molecule has 18 heavy (non-hydrogen) atoms. The lowest BCUT2D eigenvalue weighted by Crippen LogP contribution is -1.93. The Balaban J connectivity index is 2.21. The van der Waals surface area contributed by atoms with Gasteiger partial charge in [-0.25, -0.2) is 0 Å². The first-order chi connectivity index (χ1) is 8.81. The van der Waals surface area contributed by atoms with Crippen molar-refractivity contribution in [3.63, 3.8) is 0 Å². The molecule has 0 heterocycles. The lowest BCUT2D eigenvalue weighted by molar-refractivity contribution is 0.471. The average molecular weight is 240 g/mol. The Morgan fingerprint density at radius 2 is 1.56 bits per heavy atom. The van der Waals surface area contributed by atoms with E-state index < -0.39 is 0 Å². The van der Waals surface area contributed by atoms with E-state index in [9.17, 15) is 0 Å². The Kier molecular flexibility index (Phi) is 4.40. The Hall–Kier alpha value is -1.76. The number of unbranched alkanes of at least 4 members (excludes halogenated alkanes) is 1. The second-order valence-electron chi connectivity index (χ2n) is 4.58. The third-order valence-electron chi connectivity index (χ3n) is 3.09. The third kappa shape index (κ3) is 3.13. The van der Waals surface area contributed by atoms with Gasteiger partial charge in [0.2, 0.25) is 0 Å².